The summed E-state index contributed by atoms with van der Waals surface area (Å²) in [6.07, 6.45) is -1.71. The van der Waals surface area contributed by atoms with Crippen molar-refractivity contribution in [3.05, 3.63) is 0 Å². The number of piperidine rings is 1. The average Bonchev–Trinajstić information content (AvgIpc) is 2.13. The number of rotatable bonds is 1. The zero-order chi connectivity index (χ0) is 13.3. The summed E-state index contributed by atoms with van der Waals surface area (Å²) in [5.74, 6) is -3.02. The molecule has 1 rings (SSSR count). The predicted molar refractivity (Wildman–Crippen MR) is 58.2 cm³/mol. The minimum absolute atomic E-state index is 0.114. The highest BCUT2D eigenvalue weighted by atomic mass is 19.3. The number of hydrogen-bond donors (Lipinski definition) is 0. The molecule has 1 heterocycles. The Morgan fingerprint density at radius 3 is 2.41 bits per heavy atom. The van der Waals surface area contributed by atoms with Crippen LogP contribution in [0.1, 0.15) is 27.2 Å². The molecule has 1 unspecified atom stereocenters. The molecule has 0 radical (unpaired) electrons. The van der Waals surface area contributed by atoms with Gasteiger partial charge in [-0.25, -0.2) is 13.6 Å². The summed E-state index contributed by atoms with van der Waals surface area (Å²) in [6.45, 7) is 4.67. The van der Waals surface area contributed by atoms with Gasteiger partial charge in [0.2, 0.25) is 0 Å². The van der Waals surface area contributed by atoms with Crippen molar-refractivity contribution in [2.75, 3.05) is 20.2 Å². The van der Waals surface area contributed by atoms with Crippen LogP contribution in [0.3, 0.4) is 0 Å². The molecule has 1 amide bonds. The molecule has 0 aromatic rings. The highest BCUT2D eigenvalue weighted by molar-refractivity contribution is 5.68. The van der Waals surface area contributed by atoms with Crippen molar-refractivity contribution < 1.29 is 23.0 Å². The van der Waals surface area contributed by atoms with Crippen LogP contribution >= 0.6 is 0 Å². The summed E-state index contributed by atoms with van der Waals surface area (Å²) >= 11 is 0. The lowest BCUT2D eigenvalue weighted by Gasteiger charge is -2.37. The average molecular weight is 251 g/mol. The molecule has 0 bridgehead atoms. The van der Waals surface area contributed by atoms with Crippen LogP contribution in [-0.4, -0.2) is 48.8 Å². The Labute approximate surface area is 99.9 Å². The predicted octanol–water partition coefficient (Wildman–Crippen LogP) is 2.28. The van der Waals surface area contributed by atoms with Crippen LogP contribution in [0.15, 0.2) is 0 Å². The molecule has 1 aliphatic rings. The van der Waals surface area contributed by atoms with E-state index in [-0.39, 0.29) is 13.0 Å². The number of methoxy groups -OCH3 is 1. The van der Waals surface area contributed by atoms with E-state index >= 15 is 0 Å². The van der Waals surface area contributed by atoms with Gasteiger partial charge in [-0.1, -0.05) is 0 Å². The second-order valence-corrected chi connectivity index (χ2v) is 5.18. The van der Waals surface area contributed by atoms with E-state index in [4.69, 9.17) is 9.47 Å². The van der Waals surface area contributed by atoms with E-state index in [2.05, 4.69) is 0 Å². The van der Waals surface area contributed by atoms with Crippen molar-refractivity contribution in [3.63, 3.8) is 0 Å². The van der Waals surface area contributed by atoms with Gasteiger partial charge in [-0.2, -0.15) is 0 Å². The second-order valence-electron chi connectivity index (χ2n) is 5.18. The van der Waals surface area contributed by atoms with E-state index in [0.29, 0.717) is 0 Å². The summed E-state index contributed by atoms with van der Waals surface area (Å²) < 4.78 is 36.8. The highest BCUT2D eigenvalue weighted by Crippen LogP contribution is 2.30. The molecule has 1 atom stereocenters. The SMILES string of the molecule is COC1CCN(C(=O)OC(C)(C)C)CC1(F)F. The zero-order valence-corrected chi connectivity index (χ0v) is 10.6. The maximum Gasteiger partial charge on any atom is 0.410 e. The normalized spacial score (nSPS) is 24.6. The molecule has 0 N–H and O–H groups in total. The first-order chi connectivity index (χ1) is 7.65. The Hall–Kier alpha value is -0.910. The molecular formula is C11H19F2NO3. The molecule has 4 nitrogen and oxygen atoms in total. The fourth-order valence-corrected chi connectivity index (χ4v) is 1.69. The Morgan fingerprint density at radius 2 is 2.00 bits per heavy atom. The number of halogens is 2. The van der Waals surface area contributed by atoms with Crippen molar-refractivity contribution in [1.29, 1.82) is 0 Å². The molecule has 0 aromatic heterocycles. The van der Waals surface area contributed by atoms with E-state index in [1.54, 1.807) is 20.8 Å². The number of hydrogen-bond acceptors (Lipinski definition) is 3. The van der Waals surface area contributed by atoms with E-state index in [0.717, 1.165) is 4.90 Å². The summed E-state index contributed by atoms with van der Waals surface area (Å²) in [5, 5.41) is 0. The van der Waals surface area contributed by atoms with Gasteiger partial charge in [0.25, 0.3) is 5.92 Å². The fourth-order valence-electron chi connectivity index (χ4n) is 1.69. The maximum absolute atomic E-state index is 13.5. The molecule has 1 fully saturated rings. The maximum atomic E-state index is 13.5. The molecule has 0 aliphatic carbocycles. The van der Waals surface area contributed by atoms with Crippen LogP contribution in [0.25, 0.3) is 0 Å². The first-order valence-corrected chi connectivity index (χ1v) is 5.54. The molecule has 1 saturated heterocycles. The minimum atomic E-state index is -3.02. The van der Waals surface area contributed by atoms with Crippen LogP contribution in [0.4, 0.5) is 13.6 Å². The number of likely N-dealkylation sites (tertiary alicyclic amines) is 1. The van der Waals surface area contributed by atoms with Gasteiger partial charge in [0.1, 0.15) is 11.7 Å². The monoisotopic (exact) mass is 251 g/mol. The van der Waals surface area contributed by atoms with E-state index in [1.807, 2.05) is 0 Å². The van der Waals surface area contributed by atoms with Gasteiger partial charge in [-0.3, -0.25) is 0 Å². The number of nitrogens with zero attached hydrogens (tertiary/aromatic N) is 1. The van der Waals surface area contributed by atoms with E-state index in [1.165, 1.54) is 7.11 Å². The third-order valence-electron chi connectivity index (χ3n) is 2.47. The van der Waals surface area contributed by atoms with Crippen molar-refractivity contribution in [2.24, 2.45) is 0 Å². The molecule has 0 aromatic carbocycles. The summed E-state index contributed by atoms with van der Waals surface area (Å²) in [6, 6.07) is 0. The topological polar surface area (TPSA) is 38.8 Å². The highest BCUT2D eigenvalue weighted by Gasteiger charge is 2.46. The number of carbonyl (C=O) groups excluding carboxylic acids is 1. The van der Waals surface area contributed by atoms with Crippen molar-refractivity contribution in [2.45, 2.75) is 44.8 Å². The smallest absolute Gasteiger partial charge is 0.410 e. The second kappa shape index (κ2) is 4.76. The molecule has 1 aliphatic heterocycles. The van der Waals surface area contributed by atoms with Gasteiger partial charge in [0.05, 0.1) is 6.54 Å². The third-order valence-corrected chi connectivity index (χ3v) is 2.47. The zero-order valence-electron chi connectivity index (χ0n) is 10.6. The lowest BCUT2D eigenvalue weighted by atomic mass is 10.0. The summed E-state index contributed by atoms with van der Waals surface area (Å²) in [7, 11) is 1.25. The Morgan fingerprint density at radius 1 is 1.41 bits per heavy atom. The largest absolute Gasteiger partial charge is 0.444 e. The van der Waals surface area contributed by atoms with Gasteiger partial charge < -0.3 is 14.4 Å². The minimum Gasteiger partial charge on any atom is -0.444 e. The number of carbonyl (C=O) groups is 1. The van der Waals surface area contributed by atoms with Gasteiger partial charge >= 0.3 is 6.09 Å². The molecular weight excluding hydrogens is 232 g/mol. The summed E-state index contributed by atoms with van der Waals surface area (Å²) in [4.78, 5) is 12.7. The van der Waals surface area contributed by atoms with Crippen LogP contribution in [-0.2, 0) is 9.47 Å². The molecule has 0 saturated carbocycles. The standard InChI is InChI=1S/C11H19F2NO3/c1-10(2,3)17-9(15)14-6-5-8(16-4)11(12,13)7-14/h8H,5-7H2,1-4H3. The lowest BCUT2D eigenvalue weighted by Crippen LogP contribution is -2.54. The molecule has 0 spiro atoms. The molecule has 100 valence electrons. The molecule has 17 heavy (non-hydrogen) atoms. The van der Waals surface area contributed by atoms with Gasteiger partial charge in [-0.15, -0.1) is 0 Å². The van der Waals surface area contributed by atoms with Crippen LogP contribution < -0.4 is 0 Å². The van der Waals surface area contributed by atoms with Gasteiger partial charge in [-0.05, 0) is 27.2 Å². The van der Waals surface area contributed by atoms with Crippen LogP contribution in [0, 0.1) is 0 Å². The Bertz CT molecular complexity index is 289. The van der Waals surface area contributed by atoms with Crippen molar-refractivity contribution >= 4 is 6.09 Å². The number of amides is 1. The number of ether oxygens (including phenoxy) is 2. The van der Waals surface area contributed by atoms with Crippen molar-refractivity contribution in [3.8, 4) is 0 Å². The van der Waals surface area contributed by atoms with Crippen molar-refractivity contribution in [1.82, 2.24) is 4.90 Å². The number of alkyl halides is 2. The fraction of sp³-hybridized carbons (Fsp3) is 0.909. The first-order valence-electron chi connectivity index (χ1n) is 5.54. The summed E-state index contributed by atoms with van der Waals surface area (Å²) in [5.41, 5.74) is -0.676. The Kier molecular flexibility index (Phi) is 3.96. The third kappa shape index (κ3) is 3.80. The first kappa shape index (κ1) is 14.2. The lowest BCUT2D eigenvalue weighted by molar-refractivity contribution is -0.159. The molecule has 6 heteroatoms. The Balaban J connectivity index is 2.62. The van der Waals surface area contributed by atoms with Crippen LogP contribution in [0.2, 0.25) is 0 Å². The van der Waals surface area contributed by atoms with E-state index < -0.39 is 30.3 Å². The van der Waals surface area contributed by atoms with Gasteiger partial charge in [0.15, 0.2) is 0 Å². The van der Waals surface area contributed by atoms with Crippen LogP contribution in [0.5, 0.6) is 0 Å². The quantitative estimate of drug-likeness (QED) is 0.717. The van der Waals surface area contributed by atoms with E-state index in [9.17, 15) is 13.6 Å². The van der Waals surface area contributed by atoms with Gasteiger partial charge in [0, 0.05) is 13.7 Å².